The van der Waals surface area contributed by atoms with Gasteiger partial charge in [0.15, 0.2) is 5.65 Å². The van der Waals surface area contributed by atoms with Crippen LogP contribution < -0.4 is 10.4 Å². The molecule has 334 valence electrons. The number of benzene rings is 1. The molecule has 2 fully saturated rings. The number of nitrogens with one attached hydrogen (secondary N) is 1. The zero-order valence-corrected chi connectivity index (χ0v) is 35.8. The van der Waals surface area contributed by atoms with Crippen molar-refractivity contribution in [1.29, 1.82) is 5.53 Å². The molecule has 16 nitrogen and oxygen atoms in total. The summed E-state index contributed by atoms with van der Waals surface area (Å²) in [5, 5.41) is 21.0. The summed E-state index contributed by atoms with van der Waals surface area (Å²) in [5.41, 5.74) is 8.01. The third kappa shape index (κ3) is 15.6. The zero-order chi connectivity index (χ0) is 45.7. The number of terminal acetylenes is 1. The van der Waals surface area contributed by atoms with E-state index in [-0.39, 0.29) is 25.3 Å². The van der Waals surface area contributed by atoms with Crippen molar-refractivity contribution in [2.45, 2.75) is 32.9 Å². The molecular formula is C46H52N10O6S2. The van der Waals surface area contributed by atoms with Crippen molar-refractivity contribution in [2.24, 2.45) is 21.1 Å². The van der Waals surface area contributed by atoms with Crippen LogP contribution in [0.5, 0.6) is 5.75 Å². The molecule has 64 heavy (non-hydrogen) atoms. The molecule has 2 N–H and O–H groups in total. The van der Waals surface area contributed by atoms with E-state index >= 15 is 0 Å². The highest BCUT2D eigenvalue weighted by Gasteiger charge is 2.43. The Balaban J connectivity index is -0.000000192. The van der Waals surface area contributed by atoms with Crippen LogP contribution in [0, 0.1) is 142 Å². The lowest BCUT2D eigenvalue weighted by molar-refractivity contribution is -0.478. The molecule has 0 amide bonds. The predicted molar refractivity (Wildman–Crippen MR) is 262 cm³/mol. The van der Waals surface area contributed by atoms with Crippen molar-refractivity contribution in [2.75, 3.05) is 33.4 Å². The second-order valence-electron chi connectivity index (χ2n) is 12.4. The van der Waals surface area contributed by atoms with Crippen molar-refractivity contribution in [1.82, 2.24) is 29.4 Å². The number of rotatable bonds is 9. The number of ether oxygens (including phenoxy) is 2. The van der Waals surface area contributed by atoms with Crippen LogP contribution in [0.25, 0.3) is 15.9 Å². The molecule has 0 radical (unpaired) electrons. The number of methoxy groups -OCH3 is 1. The number of fused-ring (bicyclic) bond motifs is 3. The Bertz CT molecular complexity index is 3150. The van der Waals surface area contributed by atoms with Crippen LogP contribution in [0.1, 0.15) is 44.5 Å². The molecule has 6 rings (SSSR count). The fraction of sp³-hybridized carbons (Fsp3) is 0.239. The first-order valence-electron chi connectivity index (χ1n) is 18.3. The highest BCUT2D eigenvalue weighted by atomic mass is 32.1. The average molecular weight is 905 g/mol. The molecule has 4 aromatic rings. The quantitative estimate of drug-likeness (QED) is 0.0410. The van der Waals surface area contributed by atoms with Gasteiger partial charge in [-0.25, -0.2) is 15.0 Å². The first-order chi connectivity index (χ1) is 31.4. The van der Waals surface area contributed by atoms with Gasteiger partial charge < -0.3 is 9.47 Å². The van der Waals surface area contributed by atoms with E-state index < -0.39 is 0 Å². The largest absolute Gasteiger partial charge is 0.497 e. The van der Waals surface area contributed by atoms with Gasteiger partial charge in [-0.05, 0) is 149 Å². The molecule has 0 aliphatic carbocycles. The minimum absolute atomic E-state index is 0. The van der Waals surface area contributed by atoms with Crippen molar-refractivity contribution in [3.05, 3.63) is 57.6 Å². The molecule has 3 aromatic heterocycles. The number of thiol groups is 1. The lowest BCUT2D eigenvalue weighted by atomic mass is 9.73. The van der Waals surface area contributed by atoms with Gasteiger partial charge in [-0.3, -0.25) is 9.47 Å². The van der Waals surface area contributed by atoms with Gasteiger partial charge in [0.2, 0.25) is 0 Å². The molecule has 1 spiro atoms. The SMILES string of the molecule is C#CC#CC#CC#CC#CC#CC#CC#CC#CC#CC#CC.COc1ccc(Cn2c(=O)n3ncnc3c3cc(CN4CC5(CCOCC5)C4)sc32)cc1.N=N/N=N/N(OO)OS.[HH].[HH].[HH].[HH].[HH].[HH].[HH].[HH].[HH].[HH]. The van der Waals surface area contributed by atoms with Crippen LogP contribution in [0.15, 0.2) is 57.1 Å². The molecule has 18 heteroatoms. The Hall–Kier alpha value is -8.36. The Morgan fingerprint density at radius 2 is 1.48 bits per heavy atom. The summed E-state index contributed by atoms with van der Waals surface area (Å²) in [7, 11) is 1.65. The molecule has 0 bridgehead atoms. The normalized spacial score (nSPS) is 12.0. The first-order valence-corrected chi connectivity index (χ1v) is 19.4. The van der Waals surface area contributed by atoms with Crippen LogP contribution in [-0.2, 0) is 27.1 Å². The van der Waals surface area contributed by atoms with Gasteiger partial charge in [0, 0.05) is 105 Å². The van der Waals surface area contributed by atoms with Gasteiger partial charge in [0.1, 0.15) is 16.9 Å². The maximum atomic E-state index is 13.2. The first kappa shape index (κ1) is 48.3. The summed E-state index contributed by atoms with van der Waals surface area (Å²) in [4.78, 5) is 25.6. The topological polar surface area (TPSA) is 177 Å². The minimum Gasteiger partial charge on any atom is -0.497 e. The van der Waals surface area contributed by atoms with Gasteiger partial charge in [-0.1, -0.05) is 23.0 Å². The Morgan fingerprint density at radius 1 is 0.922 bits per heavy atom. The Labute approximate surface area is 393 Å². The molecule has 2 aliphatic rings. The summed E-state index contributed by atoms with van der Waals surface area (Å²) in [6, 6.07) is 10.0. The van der Waals surface area contributed by atoms with Crippen molar-refractivity contribution >= 4 is 40.1 Å². The maximum Gasteiger partial charge on any atom is 0.352 e. The number of nitrogens with zero attached hydrogens (tertiary/aromatic N) is 9. The maximum absolute atomic E-state index is 13.2. The van der Waals surface area contributed by atoms with E-state index in [0.29, 0.717) is 17.6 Å². The molecule has 2 aliphatic heterocycles. The average Bonchev–Trinajstić information content (AvgIpc) is 3.98. The van der Waals surface area contributed by atoms with E-state index in [2.05, 4.69) is 183 Å². The van der Waals surface area contributed by atoms with E-state index in [9.17, 15) is 4.79 Å². The summed E-state index contributed by atoms with van der Waals surface area (Å²) >= 11 is 4.84. The van der Waals surface area contributed by atoms with Crippen LogP contribution in [-0.4, -0.2) is 68.1 Å². The summed E-state index contributed by atoms with van der Waals surface area (Å²) in [6.45, 7) is 7.11. The van der Waals surface area contributed by atoms with Crippen molar-refractivity contribution in [3.63, 3.8) is 0 Å². The van der Waals surface area contributed by atoms with Gasteiger partial charge in [0.05, 0.1) is 19.0 Å². The van der Waals surface area contributed by atoms with E-state index in [1.807, 2.05) is 28.8 Å². The van der Waals surface area contributed by atoms with Gasteiger partial charge in [0.25, 0.3) is 0 Å². The fourth-order valence-electron chi connectivity index (χ4n) is 5.77. The van der Waals surface area contributed by atoms with Crippen LogP contribution >= 0.6 is 24.2 Å². The second kappa shape index (κ2) is 27.5. The molecule has 0 atom stereocenters. The highest BCUT2D eigenvalue weighted by molar-refractivity contribution is 7.75. The zero-order valence-electron chi connectivity index (χ0n) is 34.1. The Kier molecular flexibility index (Phi) is 20.7. The molecule has 0 saturated carbocycles. The minimum atomic E-state index is -0.167. The molecular weight excluding hydrogens is 853 g/mol. The lowest BCUT2D eigenvalue weighted by Gasteiger charge is -2.52. The number of aromatic nitrogens is 4. The lowest BCUT2D eigenvalue weighted by Crippen LogP contribution is -2.57. The molecule has 0 unspecified atom stereocenters. The molecule has 1 aromatic carbocycles. The van der Waals surface area contributed by atoms with Gasteiger partial charge in [-0.15, -0.1) is 17.8 Å². The number of hydrogen-bond donors (Lipinski definition) is 3. The number of likely N-dealkylation sites (tertiary alicyclic amines) is 1. The van der Waals surface area contributed by atoms with E-state index in [1.54, 1.807) is 25.4 Å². The number of thiophene rings is 1. The smallest absolute Gasteiger partial charge is 0.352 e. The summed E-state index contributed by atoms with van der Waals surface area (Å²) in [6.07, 6.45) is 8.69. The van der Waals surface area contributed by atoms with E-state index in [0.717, 1.165) is 67.2 Å². The monoisotopic (exact) mass is 904 g/mol. The van der Waals surface area contributed by atoms with Crippen LogP contribution in [0.3, 0.4) is 0 Å². The van der Waals surface area contributed by atoms with Crippen LogP contribution in [0.4, 0.5) is 0 Å². The summed E-state index contributed by atoms with van der Waals surface area (Å²) < 4.78 is 17.9. The van der Waals surface area contributed by atoms with E-state index in [4.69, 9.17) is 26.7 Å². The van der Waals surface area contributed by atoms with Gasteiger partial charge >= 0.3 is 5.69 Å². The van der Waals surface area contributed by atoms with Crippen LogP contribution in [0.2, 0.25) is 0 Å². The van der Waals surface area contributed by atoms with Crippen molar-refractivity contribution < 1.29 is 38.3 Å². The third-order valence-electron chi connectivity index (χ3n) is 8.38. The Morgan fingerprint density at radius 3 is 1.98 bits per heavy atom. The summed E-state index contributed by atoms with van der Waals surface area (Å²) in [5.74, 6) is 52.7. The fourth-order valence-corrected chi connectivity index (χ4v) is 7.02. The highest BCUT2D eigenvalue weighted by Crippen LogP contribution is 2.41. The predicted octanol–water partition coefficient (Wildman–Crippen LogP) is 6.69. The molecule has 2 saturated heterocycles. The standard InChI is InChI=1S/C23H25N5O3S.C23H4.H3N5O3S.10H2/c1-30-17-4-2-16(3-5-17)11-27-21-19(20-24-15-25-28(20)22(27)29)10-18(32-21)12-26-13-23(14-26)6-8-31-9-7-23;1-3-5-7-9-11-13-15-17-19-21-23-22-20-18-16-14-12-10-8-6-4-2;1-2-3-4-5(7-6)8-9;;;;;;;;;;/h2-5,10,15H,6-9,11-14H2,1H3;1H,2H3;1,6,9H;10*1H/b;;2-1?,4-3+;;;;;;;;;;. The molecule has 5 heterocycles. The second-order valence-corrected chi connectivity index (χ2v) is 13.6. The van der Waals surface area contributed by atoms with E-state index in [1.165, 1.54) is 15.7 Å². The van der Waals surface area contributed by atoms with Crippen molar-refractivity contribution in [3.8, 4) is 137 Å². The van der Waals surface area contributed by atoms with Gasteiger partial charge in [-0.2, -0.15) is 19.4 Å². The number of hydrogen-bond acceptors (Lipinski definition) is 13. The third-order valence-corrected chi connectivity index (χ3v) is 9.66.